The molecule has 0 fully saturated rings. The molecule has 1 rings (SSSR count). The zero-order chi connectivity index (χ0) is 7.61. The predicted octanol–water partition coefficient (Wildman–Crippen LogP) is 1.28. The van der Waals surface area contributed by atoms with Crippen LogP contribution in [0.25, 0.3) is 0 Å². The fourth-order valence-corrected chi connectivity index (χ4v) is 0.751. The highest BCUT2D eigenvalue weighted by atomic mass is 15.3. The Morgan fingerprint density at radius 2 is 1.90 bits per heavy atom. The van der Waals surface area contributed by atoms with Gasteiger partial charge in [0.1, 0.15) is 0 Å². The second kappa shape index (κ2) is 2.39. The van der Waals surface area contributed by atoms with Crippen LogP contribution in [0.5, 0.6) is 0 Å². The summed E-state index contributed by atoms with van der Waals surface area (Å²) in [6.45, 7) is 0. The van der Waals surface area contributed by atoms with Crippen molar-refractivity contribution in [2.75, 3.05) is 21.1 Å². The fraction of sp³-hybridized carbons (Fsp3) is 0.375. The minimum absolute atomic E-state index is 0.779. The summed E-state index contributed by atoms with van der Waals surface area (Å²) >= 11 is 0. The van der Waals surface area contributed by atoms with Crippen LogP contribution < -0.4 is 4.48 Å². The molecule has 1 aromatic rings. The van der Waals surface area contributed by atoms with Crippen LogP contribution in [0.2, 0.25) is 0 Å². The molecule has 0 atom stereocenters. The lowest BCUT2D eigenvalue weighted by Gasteiger charge is -2.21. The average molecular weight is 137 g/mol. The average Bonchev–Trinajstić information content (AvgIpc) is 1.88. The molecule has 10 heavy (non-hydrogen) atoms. The topological polar surface area (TPSA) is 12.9 Å². The lowest BCUT2D eigenvalue weighted by molar-refractivity contribution is 0.473. The van der Waals surface area contributed by atoms with Crippen molar-refractivity contribution in [3.63, 3.8) is 0 Å². The van der Waals surface area contributed by atoms with Crippen LogP contribution in [0.15, 0.2) is 24.4 Å². The molecule has 0 spiro atoms. The van der Waals surface area contributed by atoms with E-state index in [0.29, 0.717) is 0 Å². The van der Waals surface area contributed by atoms with E-state index in [1.54, 1.807) is 0 Å². The largest absolute Gasteiger partial charge is 0.282 e. The molecule has 0 unspecified atom stereocenters. The fourth-order valence-electron chi connectivity index (χ4n) is 0.751. The number of rotatable bonds is 1. The molecule has 0 aliphatic rings. The first-order chi connectivity index (χ1) is 4.61. The van der Waals surface area contributed by atoms with Gasteiger partial charge in [-0.15, -0.1) is 0 Å². The Hall–Kier alpha value is -0.890. The van der Waals surface area contributed by atoms with Gasteiger partial charge in [-0.2, -0.15) is 0 Å². The van der Waals surface area contributed by atoms with E-state index in [4.69, 9.17) is 0 Å². The predicted molar refractivity (Wildman–Crippen MR) is 43.8 cm³/mol. The molecule has 1 heterocycles. The van der Waals surface area contributed by atoms with Crippen LogP contribution in [-0.4, -0.2) is 26.1 Å². The summed E-state index contributed by atoms with van der Waals surface area (Å²) in [6.07, 6.45) is 1.82. The lowest BCUT2D eigenvalue weighted by Crippen LogP contribution is -2.35. The summed E-state index contributed by atoms with van der Waals surface area (Å²) in [5.74, 6) is 1.09. The van der Waals surface area contributed by atoms with E-state index in [9.17, 15) is 0 Å². The van der Waals surface area contributed by atoms with Gasteiger partial charge in [-0.05, 0) is 6.07 Å². The summed E-state index contributed by atoms with van der Waals surface area (Å²) in [7, 11) is 6.30. The van der Waals surface area contributed by atoms with Crippen molar-refractivity contribution in [1.82, 2.24) is 9.47 Å². The Bertz CT molecular complexity index is 198. The maximum Gasteiger partial charge on any atom is 0.226 e. The SMILES string of the molecule is C[N+](C)(C)c1ccccn1. The maximum atomic E-state index is 4.22. The molecule has 2 nitrogen and oxygen atoms in total. The van der Waals surface area contributed by atoms with Gasteiger partial charge < -0.3 is 0 Å². The first kappa shape index (κ1) is 7.22. The Morgan fingerprint density at radius 3 is 2.20 bits per heavy atom. The molecule has 0 amide bonds. The van der Waals surface area contributed by atoms with E-state index in [2.05, 4.69) is 26.1 Å². The Kier molecular flexibility index (Phi) is 1.72. The van der Waals surface area contributed by atoms with Crippen LogP contribution in [0.3, 0.4) is 0 Å². The highest BCUT2D eigenvalue weighted by Crippen LogP contribution is 2.09. The number of nitrogens with zero attached hydrogens (tertiary/aromatic N) is 2. The second-order valence-electron chi connectivity index (χ2n) is 3.20. The van der Waals surface area contributed by atoms with Crippen molar-refractivity contribution >= 4 is 5.82 Å². The van der Waals surface area contributed by atoms with Crippen molar-refractivity contribution < 1.29 is 0 Å². The summed E-state index contributed by atoms with van der Waals surface area (Å²) < 4.78 is 0.779. The molecular formula is C8H13N2+. The van der Waals surface area contributed by atoms with E-state index in [0.717, 1.165) is 10.3 Å². The summed E-state index contributed by atoms with van der Waals surface area (Å²) in [4.78, 5) is 4.22. The van der Waals surface area contributed by atoms with Crippen LogP contribution in [0.1, 0.15) is 0 Å². The van der Waals surface area contributed by atoms with Gasteiger partial charge in [-0.25, -0.2) is 4.98 Å². The number of hydrogen-bond donors (Lipinski definition) is 0. The summed E-state index contributed by atoms with van der Waals surface area (Å²) in [6, 6.07) is 5.96. The van der Waals surface area contributed by atoms with E-state index >= 15 is 0 Å². The Balaban J connectivity index is 2.97. The molecule has 0 aliphatic heterocycles. The van der Waals surface area contributed by atoms with E-state index in [-0.39, 0.29) is 0 Å². The normalized spacial score (nSPS) is 11.5. The second-order valence-corrected chi connectivity index (χ2v) is 3.20. The Morgan fingerprint density at radius 1 is 1.20 bits per heavy atom. The van der Waals surface area contributed by atoms with Crippen molar-refractivity contribution in [3.05, 3.63) is 24.4 Å². The highest BCUT2D eigenvalue weighted by molar-refractivity contribution is 5.30. The number of quaternary nitrogens is 1. The van der Waals surface area contributed by atoms with Crippen LogP contribution in [-0.2, 0) is 0 Å². The van der Waals surface area contributed by atoms with Gasteiger partial charge in [-0.1, -0.05) is 6.07 Å². The van der Waals surface area contributed by atoms with Crippen molar-refractivity contribution in [2.45, 2.75) is 0 Å². The smallest absolute Gasteiger partial charge is 0.226 e. The summed E-state index contributed by atoms with van der Waals surface area (Å²) in [5, 5.41) is 0. The van der Waals surface area contributed by atoms with Gasteiger partial charge in [0.05, 0.1) is 21.1 Å². The first-order valence-corrected chi connectivity index (χ1v) is 3.34. The van der Waals surface area contributed by atoms with Crippen LogP contribution in [0.4, 0.5) is 5.82 Å². The maximum absolute atomic E-state index is 4.22. The lowest BCUT2D eigenvalue weighted by atomic mass is 10.4. The first-order valence-electron chi connectivity index (χ1n) is 3.34. The minimum Gasteiger partial charge on any atom is -0.282 e. The Labute approximate surface area is 61.7 Å². The van der Waals surface area contributed by atoms with Crippen LogP contribution in [0, 0.1) is 0 Å². The number of aromatic nitrogens is 1. The molecule has 0 radical (unpaired) electrons. The van der Waals surface area contributed by atoms with Crippen molar-refractivity contribution in [2.24, 2.45) is 0 Å². The molecule has 1 aromatic heterocycles. The van der Waals surface area contributed by atoms with Gasteiger partial charge in [0, 0.05) is 12.3 Å². The molecule has 0 N–H and O–H groups in total. The number of hydrogen-bond acceptors (Lipinski definition) is 1. The van der Waals surface area contributed by atoms with Gasteiger partial charge in [0.2, 0.25) is 5.82 Å². The minimum atomic E-state index is 0.779. The molecule has 0 saturated heterocycles. The molecule has 0 aromatic carbocycles. The van der Waals surface area contributed by atoms with Crippen molar-refractivity contribution in [3.8, 4) is 0 Å². The van der Waals surface area contributed by atoms with Gasteiger partial charge in [-0.3, -0.25) is 4.48 Å². The summed E-state index contributed by atoms with van der Waals surface area (Å²) in [5.41, 5.74) is 0. The quantitative estimate of drug-likeness (QED) is 0.531. The third kappa shape index (κ3) is 1.54. The van der Waals surface area contributed by atoms with E-state index in [1.165, 1.54) is 0 Å². The number of pyridine rings is 1. The van der Waals surface area contributed by atoms with Gasteiger partial charge in [0.15, 0.2) is 0 Å². The monoisotopic (exact) mass is 137 g/mol. The zero-order valence-corrected chi connectivity index (χ0v) is 6.70. The van der Waals surface area contributed by atoms with Gasteiger partial charge in [0.25, 0.3) is 0 Å². The third-order valence-electron chi connectivity index (χ3n) is 1.34. The van der Waals surface area contributed by atoms with Crippen LogP contribution >= 0.6 is 0 Å². The van der Waals surface area contributed by atoms with E-state index < -0.39 is 0 Å². The standard InChI is InChI=1S/C8H13N2/c1-10(2,3)8-6-4-5-7-9-8/h4-7H,1-3H3/q+1. The molecular weight excluding hydrogens is 124 g/mol. The molecule has 0 bridgehead atoms. The molecule has 2 heteroatoms. The van der Waals surface area contributed by atoms with E-state index in [1.807, 2.05) is 24.4 Å². The molecule has 54 valence electrons. The zero-order valence-electron chi connectivity index (χ0n) is 6.70. The highest BCUT2D eigenvalue weighted by Gasteiger charge is 2.11. The molecule has 0 saturated carbocycles. The van der Waals surface area contributed by atoms with Crippen molar-refractivity contribution in [1.29, 1.82) is 0 Å². The molecule has 0 aliphatic carbocycles. The van der Waals surface area contributed by atoms with Gasteiger partial charge >= 0.3 is 0 Å². The third-order valence-corrected chi connectivity index (χ3v) is 1.34.